The largest absolute Gasteiger partial charge is 0.458 e. The fourth-order valence-corrected chi connectivity index (χ4v) is 4.74. The van der Waals surface area contributed by atoms with Crippen molar-refractivity contribution in [3.63, 3.8) is 0 Å². The number of ether oxygens (including phenoxy) is 1. The Balaban J connectivity index is 1.92. The van der Waals surface area contributed by atoms with Crippen molar-refractivity contribution in [1.82, 2.24) is 4.57 Å². The molecule has 4 rings (SSSR count). The van der Waals surface area contributed by atoms with E-state index in [4.69, 9.17) is 16.3 Å². The Kier molecular flexibility index (Phi) is 6.26. The van der Waals surface area contributed by atoms with Crippen molar-refractivity contribution in [2.24, 2.45) is 4.99 Å². The number of nitrogens with zero attached hydrogens (tertiary/aromatic N) is 2. The Morgan fingerprint density at radius 1 is 1.19 bits per heavy atom. The van der Waals surface area contributed by atoms with E-state index < -0.39 is 12.0 Å². The predicted molar refractivity (Wildman–Crippen MR) is 128 cm³/mol. The van der Waals surface area contributed by atoms with Crippen LogP contribution in [-0.2, 0) is 9.53 Å². The molecule has 0 spiro atoms. The fraction of sp³-hybridized carbons (Fsp3) is 0.160. The number of esters is 1. The van der Waals surface area contributed by atoms with Gasteiger partial charge in [-0.2, -0.15) is 0 Å². The van der Waals surface area contributed by atoms with Gasteiger partial charge >= 0.3 is 5.97 Å². The van der Waals surface area contributed by atoms with Crippen LogP contribution in [0, 0.1) is 6.92 Å². The smallest absolute Gasteiger partial charge is 0.338 e. The number of carbonyl (C=O) groups excluding carboxylic acids is 1. The van der Waals surface area contributed by atoms with Crippen LogP contribution < -0.4 is 14.9 Å². The lowest BCUT2D eigenvalue weighted by Gasteiger charge is -2.24. The van der Waals surface area contributed by atoms with Gasteiger partial charge in [0.25, 0.3) is 5.56 Å². The number of aromatic nitrogens is 1. The van der Waals surface area contributed by atoms with Gasteiger partial charge in [-0.25, -0.2) is 9.79 Å². The lowest BCUT2D eigenvalue weighted by atomic mass is 9.96. The molecule has 2 heterocycles. The van der Waals surface area contributed by atoms with Crippen LogP contribution in [0.5, 0.6) is 0 Å². The zero-order valence-electron chi connectivity index (χ0n) is 17.7. The summed E-state index contributed by atoms with van der Waals surface area (Å²) in [6.07, 6.45) is 3.35. The second-order valence-corrected chi connectivity index (χ2v) is 8.88. The Morgan fingerprint density at radius 2 is 1.88 bits per heavy atom. The van der Waals surface area contributed by atoms with Crippen LogP contribution >= 0.6 is 22.9 Å². The summed E-state index contributed by atoms with van der Waals surface area (Å²) in [7, 11) is 0. The first-order valence-electron chi connectivity index (χ1n) is 10.0. The molecule has 162 valence electrons. The highest BCUT2D eigenvalue weighted by atomic mass is 35.5. The molecule has 32 heavy (non-hydrogen) atoms. The van der Waals surface area contributed by atoms with E-state index in [1.807, 2.05) is 49.4 Å². The van der Waals surface area contributed by atoms with Gasteiger partial charge in [0.2, 0.25) is 0 Å². The maximum atomic E-state index is 13.5. The molecule has 1 atom stereocenters. The summed E-state index contributed by atoms with van der Waals surface area (Å²) in [4.78, 5) is 31.5. The van der Waals surface area contributed by atoms with Crippen LogP contribution in [0.3, 0.4) is 0 Å². The van der Waals surface area contributed by atoms with Crippen LogP contribution in [0.4, 0.5) is 0 Å². The summed E-state index contributed by atoms with van der Waals surface area (Å²) in [5.41, 5.74) is 3.44. The monoisotopic (exact) mass is 464 g/mol. The minimum atomic E-state index is -0.666. The summed E-state index contributed by atoms with van der Waals surface area (Å²) in [6.45, 7) is 7.43. The summed E-state index contributed by atoms with van der Waals surface area (Å²) >= 11 is 7.38. The molecule has 0 bridgehead atoms. The first kappa shape index (κ1) is 22.0. The number of carbonyl (C=O) groups is 1. The van der Waals surface area contributed by atoms with E-state index in [0.29, 0.717) is 25.6 Å². The van der Waals surface area contributed by atoms with E-state index in [2.05, 4.69) is 11.6 Å². The van der Waals surface area contributed by atoms with Crippen LogP contribution in [0.1, 0.15) is 29.7 Å². The number of aryl methyl sites for hydroxylation is 1. The third kappa shape index (κ3) is 4.24. The van der Waals surface area contributed by atoms with E-state index in [-0.39, 0.29) is 12.2 Å². The van der Waals surface area contributed by atoms with Gasteiger partial charge in [-0.05, 0) is 43.2 Å². The second-order valence-electron chi connectivity index (χ2n) is 7.43. The van der Waals surface area contributed by atoms with Gasteiger partial charge in [0.1, 0.15) is 6.61 Å². The standard InChI is InChI=1S/C25H21ClN2O3S/c1-4-13-31-24(30)21-16(3)27-25-28(22(21)18-9-11-19(26)12-10-18)23(29)20(32-25)14-17-7-5-15(2)6-8-17/h4-12,14,22H,1,13H2,2-3H3. The number of hydrogen-bond donors (Lipinski definition) is 0. The molecular formula is C25H21ClN2O3S. The highest BCUT2D eigenvalue weighted by Gasteiger charge is 2.33. The average Bonchev–Trinajstić information content (AvgIpc) is 3.08. The highest BCUT2D eigenvalue weighted by molar-refractivity contribution is 7.07. The average molecular weight is 465 g/mol. The lowest BCUT2D eigenvalue weighted by Crippen LogP contribution is -2.39. The molecule has 0 saturated carbocycles. The summed E-state index contributed by atoms with van der Waals surface area (Å²) in [5.74, 6) is -0.529. The zero-order valence-corrected chi connectivity index (χ0v) is 19.2. The molecular weight excluding hydrogens is 444 g/mol. The molecule has 3 aromatic rings. The number of hydrogen-bond acceptors (Lipinski definition) is 5. The summed E-state index contributed by atoms with van der Waals surface area (Å²) in [6, 6.07) is 14.4. The van der Waals surface area contributed by atoms with Gasteiger partial charge < -0.3 is 4.74 Å². The van der Waals surface area contributed by atoms with Gasteiger partial charge in [0, 0.05) is 5.02 Å². The molecule has 7 heteroatoms. The lowest BCUT2D eigenvalue weighted by molar-refractivity contribution is -0.138. The molecule has 1 aromatic heterocycles. The van der Waals surface area contributed by atoms with Crippen molar-refractivity contribution >= 4 is 35.0 Å². The Morgan fingerprint density at radius 3 is 2.53 bits per heavy atom. The predicted octanol–water partition coefficient (Wildman–Crippen LogP) is 3.93. The van der Waals surface area contributed by atoms with Crippen molar-refractivity contribution in [3.05, 3.63) is 114 Å². The first-order valence-corrected chi connectivity index (χ1v) is 11.2. The zero-order chi connectivity index (χ0) is 22.8. The van der Waals surface area contributed by atoms with E-state index in [0.717, 1.165) is 16.7 Å². The third-order valence-corrected chi connectivity index (χ3v) is 6.37. The molecule has 0 N–H and O–H groups in total. The minimum Gasteiger partial charge on any atom is -0.458 e. The van der Waals surface area contributed by atoms with Crippen molar-refractivity contribution in [1.29, 1.82) is 0 Å². The second kappa shape index (κ2) is 9.10. The minimum absolute atomic E-state index is 0.0702. The maximum Gasteiger partial charge on any atom is 0.338 e. The SMILES string of the molecule is C=CCOC(=O)C1=C(C)N=c2sc(=Cc3ccc(C)cc3)c(=O)n2C1c1ccc(Cl)cc1. The molecule has 1 aliphatic heterocycles. The maximum absolute atomic E-state index is 13.5. The molecule has 2 aromatic carbocycles. The molecule has 0 aliphatic carbocycles. The quantitative estimate of drug-likeness (QED) is 0.424. The van der Waals surface area contributed by atoms with Crippen molar-refractivity contribution in [2.75, 3.05) is 6.61 Å². The van der Waals surface area contributed by atoms with Crippen LogP contribution in [-0.4, -0.2) is 17.1 Å². The van der Waals surface area contributed by atoms with Crippen molar-refractivity contribution < 1.29 is 9.53 Å². The van der Waals surface area contributed by atoms with Crippen molar-refractivity contribution in [3.8, 4) is 0 Å². The number of benzene rings is 2. The summed E-state index contributed by atoms with van der Waals surface area (Å²) in [5, 5.41) is 0.567. The van der Waals surface area contributed by atoms with Gasteiger partial charge in [-0.1, -0.05) is 77.6 Å². The molecule has 0 saturated heterocycles. The first-order chi connectivity index (χ1) is 15.4. The van der Waals surface area contributed by atoms with Crippen LogP contribution in [0.15, 0.2) is 82.2 Å². The Labute approximate surface area is 194 Å². The van der Waals surface area contributed by atoms with Gasteiger partial charge in [-0.3, -0.25) is 9.36 Å². The molecule has 0 radical (unpaired) electrons. The van der Waals surface area contributed by atoms with Gasteiger partial charge in [0.15, 0.2) is 4.80 Å². The Hall–Kier alpha value is -3.22. The number of thiazole rings is 1. The van der Waals surface area contributed by atoms with Gasteiger partial charge in [0.05, 0.1) is 21.8 Å². The molecule has 1 unspecified atom stereocenters. The Bertz CT molecular complexity index is 1400. The molecule has 0 amide bonds. The molecule has 1 aliphatic rings. The number of allylic oxidation sites excluding steroid dienone is 1. The number of halogens is 1. The van der Waals surface area contributed by atoms with E-state index in [9.17, 15) is 9.59 Å². The van der Waals surface area contributed by atoms with E-state index in [1.165, 1.54) is 17.4 Å². The fourth-order valence-electron chi connectivity index (χ4n) is 3.57. The molecule has 5 nitrogen and oxygen atoms in total. The normalized spacial score (nSPS) is 15.8. The topological polar surface area (TPSA) is 60.7 Å². The highest BCUT2D eigenvalue weighted by Crippen LogP contribution is 2.31. The third-order valence-electron chi connectivity index (χ3n) is 5.13. The van der Waals surface area contributed by atoms with Crippen molar-refractivity contribution in [2.45, 2.75) is 19.9 Å². The van der Waals surface area contributed by atoms with Crippen LogP contribution in [0.25, 0.3) is 6.08 Å². The number of rotatable bonds is 5. The van der Waals surface area contributed by atoms with E-state index >= 15 is 0 Å². The molecule has 0 fully saturated rings. The van der Waals surface area contributed by atoms with Crippen LogP contribution in [0.2, 0.25) is 5.02 Å². The van der Waals surface area contributed by atoms with Gasteiger partial charge in [-0.15, -0.1) is 0 Å². The van der Waals surface area contributed by atoms with E-state index in [1.54, 1.807) is 23.6 Å². The number of fused-ring (bicyclic) bond motifs is 1. The summed E-state index contributed by atoms with van der Waals surface area (Å²) < 4.78 is 7.43.